The molecule has 0 aromatic rings. The molecular formula is C85H144O17P2. The molecule has 5 atom stereocenters. The topological polar surface area (TPSA) is 237 Å². The molecule has 0 fully saturated rings. The van der Waals surface area contributed by atoms with Crippen LogP contribution in [-0.2, 0) is 65.4 Å². The molecule has 0 aliphatic rings. The first-order valence-corrected chi connectivity index (χ1v) is 43.4. The Bertz CT molecular complexity index is 2490. The molecule has 0 saturated heterocycles. The third-order valence-electron chi connectivity index (χ3n) is 16.6. The predicted octanol–water partition coefficient (Wildman–Crippen LogP) is 23.7. The van der Waals surface area contributed by atoms with Crippen molar-refractivity contribution in [3.8, 4) is 0 Å². The van der Waals surface area contributed by atoms with E-state index >= 15 is 0 Å². The highest BCUT2D eigenvalue weighted by Gasteiger charge is 2.30. The van der Waals surface area contributed by atoms with E-state index < -0.39 is 97.5 Å². The minimum absolute atomic E-state index is 0.0722. The first-order chi connectivity index (χ1) is 50.7. The van der Waals surface area contributed by atoms with E-state index in [0.29, 0.717) is 25.7 Å². The maximum Gasteiger partial charge on any atom is 0.472 e. The summed E-state index contributed by atoms with van der Waals surface area (Å²) < 4.78 is 68.6. The lowest BCUT2D eigenvalue weighted by molar-refractivity contribution is -0.161. The molecule has 0 radical (unpaired) electrons. The van der Waals surface area contributed by atoms with Crippen molar-refractivity contribution in [1.29, 1.82) is 0 Å². The molecular weight excluding hydrogens is 1350 g/mol. The zero-order valence-electron chi connectivity index (χ0n) is 65.2. The summed E-state index contributed by atoms with van der Waals surface area (Å²) in [5, 5.41) is 10.6. The summed E-state index contributed by atoms with van der Waals surface area (Å²) in [6.45, 7) is 4.55. The summed E-state index contributed by atoms with van der Waals surface area (Å²) in [6, 6.07) is 0. The van der Waals surface area contributed by atoms with Crippen LogP contribution in [0.25, 0.3) is 0 Å². The molecule has 0 rings (SSSR count). The van der Waals surface area contributed by atoms with Crippen LogP contribution in [0, 0.1) is 0 Å². The molecule has 596 valence electrons. The molecule has 0 amide bonds. The number of esters is 4. The maximum atomic E-state index is 13.1. The average molecular weight is 1500 g/mol. The smallest absolute Gasteiger partial charge is 0.462 e. The summed E-state index contributed by atoms with van der Waals surface area (Å²) >= 11 is 0. The number of aliphatic hydroxyl groups excluding tert-OH is 1. The predicted molar refractivity (Wildman–Crippen MR) is 427 cm³/mol. The molecule has 104 heavy (non-hydrogen) atoms. The fraction of sp³-hybridized carbons (Fsp3) is 0.694. The van der Waals surface area contributed by atoms with Crippen molar-refractivity contribution in [3.05, 3.63) is 134 Å². The van der Waals surface area contributed by atoms with Gasteiger partial charge in [-0.3, -0.25) is 37.3 Å². The van der Waals surface area contributed by atoms with Crippen molar-refractivity contribution in [1.82, 2.24) is 0 Å². The Morgan fingerprint density at radius 1 is 0.279 bits per heavy atom. The second-order valence-corrected chi connectivity index (χ2v) is 29.5. The summed E-state index contributed by atoms with van der Waals surface area (Å²) in [7, 11) is -9.98. The van der Waals surface area contributed by atoms with Gasteiger partial charge in [0.15, 0.2) is 12.2 Å². The van der Waals surface area contributed by atoms with Gasteiger partial charge in [-0.1, -0.05) is 271 Å². The standard InChI is InChI=1S/C85H144O17P2/c1-5-9-13-17-21-25-29-33-37-38-39-40-44-46-50-54-58-62-66-70-83(88)96-76-81(102-85(90)72-68-64-60-56-52-48-43-36-32-28-24-20-16-12-8-4)78-100-104(93,94)98-74-79(86)73-97-103(91,92)99-77-80(101-84(89)71-67-63-59-55-51-47-42-35-31-27-23-19-15-11-7-3)75-95-82(87)69-65-61-57-53-49-45-41-34-30-26-22-18-14-10-6-2/h9-10,13-14,21-28,33-37,39-43,79-81,86H,5-8,11-12,15-20,29-32,38,44-78H2,1-4H3,(H,91,92)(H,93,94)/b13-9-,14-10-,25-21-,26-22-,27-23-,28-24-,37-33-,40-39-,41-34-,42-35-,43-36-. The van der Waals surface area contributed by atoms with Gasteiger partial charge in [0.1, 0.15) is 19.3 Å². The van der Waals surface area contributed by atoms with Crippen LogP contribution in [0.5, 0.6) is 0 Å². The van der Waals surface area contributed by atoms with Crippen LogP contribution in [0.2, 0.25) is 0 Å². The molecule has 19 heteroatoms. The van der Waals surface area contributed by atoms with Crippen LogP contribution in [0.1, 0.15) is 323 Å². The van der Waals surface area contributed by atoms with E-state index in [0.717, 1.165) is 205 Å². The van der Waals surface area contributed by atoms with Gasteiger partial charge in [0.05, 0.1) is 26.4 Å². The van der Waals surface area contributed by atoms with E-state index in [2.05, 4.69) is 161 Å². The van der Waals surface area contributed by atoms with Gasteiger partial charge in [0.25, 0.3) is 0 Å². The largest absolute Gasteiger partial charge is 0.472 e. The molecule has 0 aromatic carbocycles. The SMILES string of the molecule is CC/C=C\C/C=C\C/C=C\C/C=C\CCCCCCCCC(=O)OCC(COP(=O)(O)OCC(O)COP(=O)(O)OCC(COC(=O)CCCCCCC/C=C\C/C=C\C/C=C\CC)OC(=O)CCCCCCC/C=C\C/C=C\CCCCC)OC(=O)CCCCCCC/C=C\C/C=C\CCCCC. The van der Waals surface area contributed by atoms with Gasteiger partial charge in [-0.2, -0.15) is 0 Å². The average Bonchev–Trinajstić information content (AvgIpc) is 0.918. The molecule has 0 aliphatic carbocycles. The van der Waals surface area contributed by atoms with E-state index in [4.69, 9.17) is 37.0 Å². The van der Waals surface area contributed by atoms with Crippen LogP contribution in [0.4, 0.5) is 0 Å². The van der Waals surface area contributed by atoms with Crippen molar-refractivity contribution in [3.63, 3.8) is 0 Å². The van der Waals surface area contributed by atoms with E-state index in [1.165, 1.54) is 38.5 Å². The zero-order chi connectivity index (χ0) is 76.0. The number of carbonyl (C=O) groups excluding carboxylic acids is 4. The number of aliphatic hydroxyl groups is 1. The highest BCUT2D eigenvalue weighted by Crippen LogP contribution is 2.45. The third kappa shape index (κ3) is 75.4. The number of rotatable bonds is 75. The molecule has 0 aromatic heterocycles. The lowest BCUT2D eigenvalue weighted by Crippen LogP contribution is -2.30. The second kappa shape index (κ2) is 76.4. The van der Waals surface area contributed by atoms with Gasteiger partial charge in [0, 0.05) is 25.7 Å². The van der Waals surface area contributed by atoms with Crippen molar-refractivity contribution in [2.75, 3.05) is 39.6 Å². The summed E-state index contributed by atoms with van der Waals surface area (Å²) in [5.41, 5.74) is 0. The minimum atomic E-state index is -4.99. The van der Waals surface area contributed by atoms with Crippen LogP contribution in [-0.4, -0.2) is 96.7 Å². The Balaban J connectivity index is 5.40. The van der Waals surface area contributed by atoms with Gasteiger partial charge in [0.2, 0.25) is 0 Å². The zero-order valence-corrected chi connectivity index (χ0v) is 66.9. The van der Waals surface area contributed by atoms with Gasteiger partial charge in [-0.05, 0) is 161 Å². The van der Waals surface area contributed by atoms with Gasteiger partial charge < -0.3 is 33.8 Å². The van der Waals surface area contributed by atoms with Crippen molar-refractivity contribution < 1.29 is 80.2 Å². The summed E-state index contributed by atoms with van der Waals surface area (Å²) in [6.07, 6.45) is 85.6. The van der Waals surface area contributed by atoms with Crippen LogP contribution >= 0.6 is 15.6 Å². The monoisotopic (exact) mass is 1500 g/mol. The van der Waals surface area contributed by atoms with E-state index in [1.54, 1.807) is 0 Å². The molecule has 0 saturated carbocycles. The number of phosphoric ester groups is 2. The molecule has 0 spiro atoms. The van der Waals surface area contributed by atoms with Gasteiger partial charge in [-0.25, -0.2) is 9.13 Å². The number of unbranched alkanes of at least 4 members (excludes halogenated alkanes) is 27. The van der Waals surface area contributed by atoms with E-state index in [1.807, 2.05) is 0 Å². The highest BCUT2D eigenvalue weighted by molar-refractivity contribution is 7.47. The highest BCUT2D eigenvalue weighted by atomic mass is 31.2. The fourth-order valence-corrected chi connectivity index (χ4v) is 12.0. The van der Waals surface area contributed by atoms with Gasteiger partial charge >= 0.3 is 39.5 Å². The first-order valence-electron chi connectivity index (χ1n) is 40.4. The molecule has 0 heterocycles. The molecule has 5 unspecified atom stereocenters. The van der Waals surface area contributed by atoms with Gasteiger partial charge in [-0.15, -0.1) is 0 Å². The number of hydrogen-bond acceptors (Lipinski definition) is 15. The Morgan fingerprint density at radius 3 is 0.769 bits per heavy atom. The van der Waals surface area contributed by atoms with Crippen LogP contribution in [0.15, 0.2) is 134 Å². The van der Waals surface area contributed by atoms with E-state index in [9.17, 15) is 43.2 Å². The van der Waals surface area contributed by atoms with Crippen LogP contribution in [0.3, 0.4) is 0 Å². The normalized spacial score (nSPS) is 14.6. The summed E-state index contributed by atoms with van der Waals surface area (Å²) in [4.78, 5) is 73.1. The van der Waals surface area contributed by atoms with Crippen LogP contribution < -0.4 is 0 Å². The maximum absolute atomic E-state index is 13.1. The fourth-order valence-electron chi connectivity index (χ4n) is 10.5. The number of phosphoric acid groups is 2. The lowest BCUT2D eigenvalue weighted by Gasteiger charge is -2.21. The lowest BCUT2D eigenvalue weighted by atomic mass is 10.1. The minimum Gasteiger partial charge on any atom is -0.462 e. The van der Waals surface area contributed by atoms with E-state index in [-0.39, 0.29) is 25.7 Å². The second-order valence-electron chi connectivity index (χ2n) is 26.6. The molecule has 0 bridgehead atoms. The summed E-state index contributed by atoms with van der Waals surface area (Å²) in [5.74, 6) is -2.24. The molecule has 17 nitrogen and oxygen atoms in total. The van der Waals surface area contributed by atoms with Crippen molar-refractivity contribution in [2.45, 2.75) is 341 Å². The quantitative estimate of drug-likeness (QED) is 0.0169. The first kappa shape index (κ1) is 99.2. The number of carbonyl (C=O) groups is 4. The number of hydrogen-bond donors (Lipinski definition) is 3. The Kier molecular flexibility index (Phi) is 72.9. The Hall–Kier alpha value is -4.80. The van der Waals surface area contributed by atoms with Crippen molar-refractivity contribution in [2.24, 2.45) is 0 Å². The Morgan fingerprint density at radius 2 is 0.500 bits per heavy atom. The number of ether oxygens (including phenoxy) is 4. The number of allylic oxidation sites excluding steroid dienone is 22. The molecule has 3 N–H and O–H groups in total. The molecule has 0 aliphatic heterocycles. The van der Waals surface area contributed by atoms with Crippen molar-refractivity contribution >= 4 is 39.5 Å². The third-order valence-corrected chi connectivity index (χ3v) is 18.5. The Labute approximate surface area is 631 Å².